The van der Waals surface area contributed by atoms with E-state index in [4.69, 9.17) is 0 Å². The molecule has 0 fully saturated rings. The fourth-order valence-corrected chi connectivity index (χ4v) is 2.18. The summed E-state index contributed by atoms with van der Waals surface area (Å²) in [5.74, 6) is -0.275. The third kappa shape index (κ3) is 6.19. The van der Waals surface area contributed by atoms with Crippen LogP contribution in [0.3, 0.4) is 0 Å². The summed E-state index contributed by atoms with van der Waals surface area (Å²) in [5, 5.41) is 3.19. The van der Waals surface area contributed by atoms with Crippen LogP contribution in [-0.4, -0.2) is 18.5 Å². The van der Waals surface area contributed by atoms with Crippen LogP contribution in [0.25, 0.3) is 0 Å². The monoisotopic (exact) mass is 277 g/mol. The van der Waals surface area contributed by atoms with Gasteiger partial charge < -0.3 is 5.32 Å². The standard InChI is InChI=1S/C13H18F3NS/c1-10(2)7-8-17-11-5-3-4-6-12(11)18-9-13(14,15)16/h3-6,10,17H,7-9H2,1-2H3. The number of para-hydroxylation sites is 1. The summed E-state index contributed by atoms with van der Waals surface area (Å²) in [7, 11) is 0. The Labute approximate surface area is 110 Å². The van der Waals surface area contributed by atoms with Gasteiger partial charge in [-0.05, 0) is 24.5 Å². The van der Waals surface area contributed by atoms with E-state index in [1.807, 2.05) is 12.1 Å². The van der Waals surface area contributed by atoms with Crippen molar-refractivity contribution < 1.29 is 13.2 Å². The molecule has 5 heteroatoms. The lowest BCUT2D eigenvalue weighted by atomic mass is 10.1. The molecule has 0 amide bonds. The predicted molar refractivity (Wildman–Crippen MR) is 71.2 cm³/mol. The molecule has 0 aliphatic carbocycles. The summed E-state index contributed by atoms with van der Waals surface area (Å²) in [4.78, 5) is 0.651. The molecule has 0 atom stereocenters. The molecule has 0 spiro atoms. The van der Waals surface area contributed by atoms with Gasteiger partial charge in [0.05, 0.1) is 5.75 Å². The van der Waals surface area contributed by atoms with Gasteiger partial charge in [0.1, 0.15) is 0 Å². The normalized spacial score (nSPS) is 11.9. The molecule has 1 rings (SSSR count). The van der Waals surface area contributed by atoms with Gasteiger partial charge in [0.25, 0.3) is 0 Å². The average molecular weight is 277 g/mol. The Bertz CT molecular complexity index is 363. The van der Waals surface area contributed by atoms with Crippen molar-refractivity contribution in [1.29, 1.82) is 0 Å². The summed E-state index contributed by atoms with van der Waals surface area (Å²) >= 11 is 0.825. The second-order valence-corrected chi connectivity index (χ2v) is 5.53. The maximum atomic E-state index is 12.2. The predicted octanol–water partition coefficient (Wildman–Crippen LogP) is 4.80. The molecule has 0 aliphatic heterocycles. The molecule has 102 valence electrons. The van der Waals surface area contributed by atoms with E-state index in [-0.39, 0.29) is 0 Å². The molecule has 0 aliphatic rings. The van der Waals surface area contributed by atoms with E-state index in [0.717, 1.165) is 30.4 Å². The van der Waals surface area contributed by atoms with Gasteiger partial charge in [-0.2, -0.15) is 13.2 Å². The number of rotatable bonds is 6. The van der Waals surface area contributed by atoms with Gasteiger partial charge in [0.15, 0.2) is 0 Å². The number of thioether (sulfide) groups is 1. The number of halogens is 3. The molecule has 0 saturated heterocycles. The molecular weight excluding hydrogens is 259 g/mol. The SMILES string of the molecule is CC(C)CCNc1ccccc1SCC(F)(F)F. The van der Waals surface area contributed by atoms with E-state index in [2.05, 4.69) is 19.2 Å². The van der Waals surface area contributed by atoms with Crippen molar-refractivity contribution in [2.24, 2.45) is 5.92 Å². The molecule has 0 unspecified atom stereocenters. The first-order valence-electron chi connectivity index (χ1n) is 5.91. The Morgan fingerprint density at radius 2 is 1.89 bits per heavy atom. The minimum Gasteiger partial charge on any atom is -0.384 e. The first-order valence-corrected chi connectivity index (χ1v) is 6.89. The molecule has 1 aromatic carbocycles. The Balaban J connectivity index is 2.56. The van der Waals surface area contributed by atoms with Crippen molar-refractivity contribution in [3.8, 4) is 0 Å². The van der Waals surface area contributed by atoms with Crippen LogP contribution < -0.4 is 5.32 Å². The average Bonchev–Trinajstić information content (AvgIpc) is 2.26. The first kappa shape index (κ1) is 15.2. The van der Waals surface area contributed by atoms with Crippen molar-refractivity contribution in [2.75, 3.05) is 17.6 Å². The summed E-state index contributed by atoms with van der Waals surface area (Å²) in [5.41, 5.74) is 0.785. The van der Waals surface area contributed by atoms with E-state index in [1.165, 1.54) is 0 Å². The lowest BCUT2D eigenvalue weighted by Gasteiger charge is -2.13. The largest absolute Gasteiger partial charge is 0.398 e. The van der Waals surface area contributed by atoms with Gasteiger partial charge in [-0.25, -0.2) is 0 Å². The Kier molecular flexibility index (Phi) is 5.85. The second-order valence-electron chi connectivity index (χ2n) is 4.51. The van der Waals surface area contributed by atoms with Crippen LogP contribution in [0.4, 0.5) is 18.9 Å². The van der Waals surface area contributed by atoms with E-state index in [1.54, 1.807) is 12.1 Å². The molecule has 0 heterocycles. The van der Waals surface area contributed by atoms with Crippen LogP contribution in [0.5, 0.6) is 0 Å². The van der Waals surface area contributed by atoms with Crippen molar-refractivity contribution in [1.82, 2.24) is 0 Å². The fourth-order valence-electron chi connectivity index (χ4n) is 1.39. The van der Waals surface area contributed by atoms with Gasteiger partial charge in [-0.15, -0.1) is 11.8 Å². The smallest absolute Gasteiger partial charge is 0.384 e. The van der Waals surface area contributed by atoms with E-state index in [0.29, 0.717) is 10.8 Å². The third-order valence-corrected chi connectivity index (χ3v) is 3.45. The van der Waals surface area contributed by atoms with Crippen LogP contribution in [0.15, 0.2) is 29.2 Å². The maximum Gasteiger partial charge on any atom is 0.398 e. The highest BCUT2D eigenvalue weighted by Crippen LogP contribution is 2.32. The molecule has 1 N–H and O–H groups in total. The maximum absolute atomic E-state index is 12.2. The molecule has 1 nitrogen and oxygen atoms in total. The van der Waals surface area contributed by atoms with Crippen LogP contribution in [0.2, 0.25) is 0 Å². The van der Waals surface area contributed by atoms with Gasteiger partial charge in [-0.1, -0.05) is 26.0 Å². The zero-order chi connectivity index (χ0) is 13.6. The van der Waals surface area contributed by atoms with Crippen molar-refractivity contribution in [3.05, 3.63) is 24.3 Å². The van der Waals surface area contributed by atoms with Gasteiger partial charge in [-0.3, -0.25) is 0 Å². The second kappa shape index (κ2) is 6.92. The van der Waals surface area contributed by atoms with Crippen molar-refractivity contribution >= 4 is 17.4 Å². The molecule has 18 heavy (non-hydrogen) atoms. The molecule has 0 aromatic heterocycles. The minimum absolute atomic E-state index is 0.576. The minimum atomic E-state index is -4.13. The molecule has 1 aromatic rings. The summed E-state index contributed by atoms with van der Waals surface area (Å²) in [6.07, 6.45) is -3.13. The van der Waals surface area contributed by atoms with Gasteiger partial charge >= 0.3 is 6.18 Å². The lowest BCUT2D eigenvalue weighted by molar-refractivity contribution is -0.105. The van der Waals surface area contributed by atoms with Crippen molar-refractivity contribution in [2.45, 2.75) is 31.3 Å². The number of nitrogens with one attached hydrogen (secondary N) is 1. The molecule has 0 bridgehead atoms. The Morgan fingerprint density at radius 1 is 1.22 bits per heavy atom. The zero-order valence-corrected chi connectivity index (χ0v) is 11.4. The number of benzene rings is 1. The van der Waals surface area contributed by atoms with Crippen LogP contribution in [0.1, 0.15) is 20.3 Å². The van der Waals surface area contributed by atoms with Crippen LogP contribution in [0, 0.1) is 5.92 Å². The molecule has 0 saturated carbocycles. The summed E-state index contributed by atoms with van der Waals surface area (Å²) in [6, 6.07) is 7.12. The number of alkyl halides is 3. The highest BCUT2D eigenvalue weighted by Gasteiger charge is 2.27. The summed E-state index contributed by atoms with van der Waals surface area (Å²) in [6.45, 7) is 5.01. The summed E-state index contributed by atoms with van der Waals surface area (Å²) < 4.78 is 36.6. The zero-order valence-electron chi connectivity index (χ0n) is 10.6. The van der Waals surface area contributed by atoms with E-state index in [9.17, 15) is 13.2 Å². The van der Waals surface area contributed by atoms with Crippen LogP contribution in [-0.2, 0) is 0 Å². The fraction of sp³-hybridized carbons (Fsp3) is 0.538. The van der Waals surface area contributed by atoms with E-state index >= 15 is 0 Å². The topological polar surface area (TPSA) is 12.0 Å². The lowest BCUT2D eigenvalue weighted by Crippen LogP contribution is -2.11. The highest BCUT2D eigenvalue weighted by molar-refractivity contribution is 7.99. The number of hydrogen-bond acceptors (Lipinski definition) is 2. The number of hydrogen-bond donors (Lipinski definition) is 1. The quantitative estimate of drug-likeness (QED) is 0.750. The third-order valence-electron chi connectivity index (χ3n) is 2.32. The Morgan fingerprint density at radius 3 is 2.50 bits per heavy atom. The number of anilines is 1. The van der Waals surface area contributed by atoms with E-state index < -0.39 is 11.9 Å². The molecule has 0 radical (unpaired) electrons. The van der Waals surface area contributed by atoms with Crippen LogP contribution >= 0.6 is 11.8 Å². The highest BCUT2D eigenvalue weighted by atomic mass is 32.2. The Hall–Kier alpha value is -0.840. The van der Waals surface area contributed by atoms with Gasteiger partial charge in [0.2, 0.25) is 0 Å². The molecular formula is C13H18F3NS. The van der Waals surface area contributed by atoms with Gasteiger partial charge in [0, 0.05) is 17.1 Å². The first-order chi connectivity index (χ1) is 8.38. The van der Waals surface area contributed by atoms with Crippen molar-refractivity contribution in [3.63, 3.8) is 0 Å².